The van der Waals surface area contributed by atoms with Crippen LogP contribution in [0, 0.1) is 19.8 Å². The summed E-state index contributed by atoms with van der Waals surface area (Å²) < 4.78 is 11.9. The van der Waals surface area contributed by atoms with E-state index in [-0.39, 0.29) is 5.60 Å². The highest BCUT2D eigenvalue weighted by Gasteiger charge is 2.42. The van der Waals surface area contributed by atoms with E-state index in [1.807, 2.05) is 18.7 Å². The Hall–Kier alpha value is -0.450. The van der Waals surface area contributed by atoms with Crippen LogP contribution in [0.1, 0.15) is 42.4 Å². The normalized spacial score (nSPS) is 31.9. The van der Waals surface area contributed by atoms with Crippen molar-refractivity contribution in [1.29, 1.82) is 0 Å². The summed E-state index contributed by atoms with van der Waals surface area (Å²) in [6.45, 7) is 5.01. The van der Waals surface area contributed by atoms with E-state index >= 15 is 0 Å². The smallest absolute Gasteiger partial charge is 0.105 e. The molecular formula is C16H25NO2S. The number of hydrogen-bond donors (Lipinski definition) is 1. The first-order valence-corrected chi connectivity index (χ1v) is 8.75. The van der Waals surface area contributed by atoms with E-state index < -0.39 is 0 Å². The minimum Gasteiger partial charge on any atom is -0.466 e. The van der Waals surface area contributed by atoms with Crippen molar-refractivity contribution in [2.75, 3.05) is 25.2 Å². The van der Waals surface area contributed by atoms with Gasteiger partial charge < -0.3 is 14.5 Å². The van der Waals surface area contributed by atoms with Crippen LogP contribution in [0.15, 0.2) is 10.5 Å². The van der Waals surface area contributed by atoms with Crippen molar-refractivity contribution in [3.63, 3.8) is 0 Å². The molecule has 0 saturated carbocycles. The first kappa shape index (κ1) is 14.5. The van der Waals surface area contributed by atoms with Gasteiger partial charge in [0.15, 0.2) is 0 Å². The van der Waals surface area contributed by atoms with Gasteiger partial charge in [-0.1, -0.05) is 0 Å². The molecule has 20 heavy (non-hydrogen) atoms. The number of furan rings is 1. The highest BCUT2D eigenvalue weighted by molar-refractivity contribution is 7.99. The van der Waals surface area contributed by atoms with Gasteiger partial charge in [-0.2, -0.15) is 11.8 Å². The predicted molar refractivity (Wildman–Crippen MR) is 83.3 cm³/mol. The molecule has 0 radical (unpaired) electrons. The molecule has 3 unspecified atom stereocenters. The summed E-state index contributed by atoms with van der Waals surface area (Å²) in [4.78, 5) is 0. The van der Waals surface area contributed by atoms with E-state index in [0.29, 0.717) is 12.0 Å². The predicted octanol–water partition coefficient (Wildman–Crippen LogP) is 3.46. The van der Waals surface area contributed by atoms with Crippen molar-refractivity contribution in [2.24, 2.45) is 5.92 Å². The second kappa shape index (κ2) is 5.74. The average molecular weight is 295 g/mol. The standard InChI is InChI=1S/C16H25NO2S/c1-11-8-14(12(2)19-11)15(17-3)13-4-6-18-16(9-13)5-7-20-10-16/h8,13,15,17H,4-7,9-10H2,1-3H3. The van der Waals surface area contributed by atoms with Crippen LogP contribution < -0.4 is 5.32 Å². The third-order valence-corrected chi connectivity index (χ3v) is 6.02. The fraction of sp³-hybridized carbons (Fsp3) is 0.750. The maximum Gasteiger partial charge on any atom is 0.105 e. The van der Waals surface area contributed by atoms with Crippen LogP contribution >= 0.6 is 11.8 Å². The Bertz CT molecular complexity index is 465. The molecule has 2 saturated heterocycles. The van der Waals surface area contributed by atoms with E-state index in [1.54, 1.807) is 0 Å². The third-order valence-electron chi connectivity index (χ3n) is 4.80. The lowest BCUT2D eigenvalue weighted by Crippen LogP contribution is -2.43. The van der Waals surface area contributed by atoms with Crippen LogP contribution in [0.3, 0.4) is 0 Å². The molecule has 112 valence electrons. The van der Waals surface area contributed by atoms with Crippen LogP contribution in [-0.4, -0.2) is 30.8 Å². The molecule has 3 heterocycles. The molecule has 2 fully saturated rings. The largest absolute Gasteiger partial charge is 0.466 e. The van der Waals surface area contributed by atoms with Crippen molar-refractivity contribution < 1.29 is 9.15 Å². The van der Waals surface area contributed by atoms with Crippen LogP contribution in [0.2, 0.25) is 0 Å². The molecule has 1 N–H and O–H groups in total. The zero-order chi connectivity index (χ0) is 14.2. The molecule has 3 nitrogen and oxygen atoms in total. The van der Waals surface area contributed by atoms with Gasteiger partial charge in [-0.15, -0.1) is 0 Å². The van der Waals surface area contributed by atoms with Crippen molar-refractivity contribution in [3.05, 3.63) is 23.2 Å². The maximum absolute atomic E-state index is 6.15. The van der Waals surface area contributed by atoms with Gasteiger partial charge in [0.25, 0.3) is 0 Å². The lowest BCUT2D eigenvalue weighted by molar-refractivity contribution is -0.0851. The molecule has 4 heteroatoms. The van der Waals surface area contributed by atoms with Crippen LogP contribution in [0.4, 0.5) is 0 Å². The molecule has 0 aromatic carbocycles. The zero-order valence-electron chi connectivity index (χ0n) is 12.7. The van der Waals surface area contributed by atoms with Gasteiger partial charge in [0, 0.05) is 24.0 Å². The van der Waals surface area contributed by atoms with Gasteiger partial charge in [0.1, 0.15) is 11.5 Å². The van der Waals surface area contributed by atoms with Gasteiger partial charge in [-0.05, 0) is 57.9 Å². The van der Waals surface area contributed by atoms with Gasteiger partial charge in [-0.25, -0.2) is 0 Å². The summed E-state index contributed by atoms with van der Waals surface area (Å²) in [6.07, 6.45) is 3.53. The van der Waals surface area contributed by atoms with Gasteiger partial charge in [-0.3, -0.25) is 0 Å². The molecule has 1 aromatic heterocycles. The van der Waals surface area contributed by atoms with E-state index in [4.69, 9.17) is 9.15 Å². The SMILES string of the molecule is CNC(c1cc(C)oc1C)C1CCOC2(CCSC2)C1. The number of hydrogen-bond acceptors (Lipinski definition) is 4. The number of ether oxygens (including phenoxy) is 1. The summed E-state index contributed by atoms with van der Waals surface area (Å²) in [5.74, 6) is 5.13. The second-order valence-electron chi connectivity index (χ2n) is 6.22. The highest BCUT2D eigenvalue weighted by Crippen LogP contribution is 2.44. The van der Waals surface area contributed by atoms with Gasteiger partial charge in [0.2, 0.25) is 0 Å². The Balaban J connectivity index is 1.80. The van der Waals surface area contributed by atoms with Gasteiger partial charge in [0.05, 0.1) is 5.60 Å². The van der Waals surface area contributed by atoms with Crippen molar-refractivity contribution >= 4 is 11.8 Å². The Morgan fingerprint density at radius 2 is 2.30 bits per heavy atom. The Morgan fingerprint density at radius 1 is 1.45 bits per heavy atom. The molecular weight excluding hydrogens is 270 g/mol. The van der Waals surface area contributed by atoms with E-state index in [2.05, 4.69) is 25.4 Å². The molecule has 1 spiro atoms. The molecule has 2 aliphatic heterocycles. The topological polar surface area (TPSA) is 34.4 Å². The molecule has 3 atom stereocenters. The molecule has 0 amide bonds. The number of thioether (sulfide) groups is 1. The Labute approximate surface area is 125 Å². The molecule has 0 bridgehead atoms. The quantitative estimate of drug-likeness (QED) is 0.926. The molecule has 2 aliphatic rings. The summed E-state index contributed by atoms with van der Waals surface area (Å²) >= 11 is 2.04. The monoisotopic (exact) mass is 295 g/mol. The van der Waals surface area contributed by atoms with Crippen molar-refractivity contribution in [1.82, 2.24) is 5.32 Å². The van der Waals surface area contributed by atoms with E-state index in [0.717, 1.165) is 24.5 Å². The Kier molecular flexibility index (Phi) is 4.16. The summed E-state index contributed by atoms with van der Waals surface area (Å²) in [5.41, 5.74) is 1.48. The Morgan fingerprint density at radius 3 is 2.90 bits per heavy atom. The fourth-order valence-corrected chi connectivity index (χ4v) is 5.20. The average Bonchev–Trinajstić information content (AvgIpc) is 2.99. The highest BCUT2D eigenvalue weighted by atomic mass is 32.2. The lowest BCUT2D eigenvalue weighted by atomic mass is 9.79. The van der Waals surface area contributed by atoms with E-state index in [1.165, 1.54) is 29.9 Å². The maximum atomic E-state index is 6.15. The zero-order valence-corrected chi connectivity index (χ0v) is 13.5. The van der Waals surface area contributed by atoms with Crippen LogP contribution in [0.5, 0.6) is 0 Å². The number of aryl methyl sites for hydroxylation is 2. The lowest BCUT2D eigenvalue weighted by Gasteiger charge is -2.40. The van der Waals surface area contributed by atoms with Crippen LogP contribution in [0.25, 0.3) is 0 Å². The fourth-order valence-electron chi connectivity index (χ4n) is 3.82. The minimum atomic E-state index is 0.148. The summed E-state index contributed by atoms with van der Waals surface area (Å²) in [6, 6.07) is 2.58. The minimum absolute atomic E-state index is 0.148. The first-order valence-electron chi connectivity index (χ1n) is 7.59. The third kappa shape index (κ3) is 2.66. The van der Waals surface area contributed by atoms with E-state index in [9.17, 15) is 0 Å². The summed E-state index contributed by atoms with van der Waals surface area (Å²) in [5, 5.41) is 3.53. The second-order valence-corrected chi connectivity index (χ2v) is 7.33. The van der Waals surface area contributed by atoms with Crippen LogP contribution in [-0.2, 0) is 4.74 Å². The number of nitrogens with one attached hydrogen (secondary N) is 1. The molecule has 0 aliphatic carbocycles. The van der Waals surface area contributed by atoms with Gasteiger partial charge >= 0.3 is 0 Å². The molecule has 3 rings (SSSR count). The van der Waals surface area contributed by atoms with Crippen molar-refractivity contribution in [2.45, 2.75) is 44.8 Å². The first-order chi connectivity index (χ1) is 9.63. The summed E-state index contributed by atoms with van der Waals surface area (Å²) in [7, 11) is 2.07. The molecule has 1 aromatic rings. The van der Waals surface area contributed by atoms with Crippen molar-refractivity contribution in [3.8, 4) is 0 Å². The number of rotatable bonds is 3.